The van der Waals surface area contributed by atoms with E-state index in [9.17, 15) is 18.4 Å². The van der Waals surface area contributed by atoms with Crippen LogP contribution < -0.4 is 10.8 Å². The summed E-state index contributed by atoms with van der Waals surface area (Å²) in [5.41, 5.74) is 3.97. The molecule has 182 valence electrons. The SMILES string of the molecule is CCCCCONCc1ccccc1.Cc1nc(NC(=O)c2cc(F)ccc2F)sc1C(=O)O. The van der Waals surface area contributed by atoms with Crippen LogP contribution in [-0.4, -0.2) is 28.6 Å². The summed E-state index contributed by atoms with van der Waals surface area (Å²) in [5.74, 6) is -3.70. The lowest BCUT2D eigenvalue weighted by Crippen LogP contribution is -2.14. The number of carboxylic acid groups (broad SMARTS) is 1. The first-order chi connectivity index (χ1) is 16.3. The van der Waals surface area contributed by atoms with Gasteiger partial charge in [0.25, 0.3) is 5.91 Å². The molecule has 3 aromatic rings. The first-order valence-corrected chi connectivity index (χ1v) is 11.5. The van der Waals surface area contributed by atoms with Gasteiger partial charge in [0.2, 0.25) is 0 Å². The number of hydrogen-bond donors (Lipinski definition) is 3. The minimum absolute atomic E-state index is 0.00793. The van der Waals surface area contributed by atoms with Gasteiger partial charge in [-0.15, -0.1) is 0 Å². The third-order valence-electron chi connectivity index (χ3n) is 4.46. The summed E-state index contributed by atoms with van der Waals surface area (Å²) < 4.78 is 26.4. The van der Waals surface area contributed by atoms with Gasteiger partial charge in [-0.25, -0.2) is 18.6 Å². The Balaban J connectivity index is 0.000000257. The van der Waals surface area contributed by atoms with Gasteiger partial charge in [-0.1, -0.05) is 61.4 Å². The van der Waals surface area contributed by atoms with Crippen molar-refractivity contribution in [1.29, 1.82) is 0 Å². The summed E-state index contributed by atoms with van der Waals surface area (Å²) in [6.07, 6.45) is 3.62. The summed E-state index contributed by atoms with van der Waals surface area (Å²) >= 11 is 0.742. The minimum Gasteiger partial charge on any atom is -0.477 e. The van der Waals surface area contributed by atoms with Crippen molar-refractivity contribution in [3.63, 3.8) is 0 Å². The number of hydrogen-bond acceptors (Lipinski definition) is 6. The normalized spacial score (nSPS) is 10.4. The topological polar surface area (TPSA) is 101 Å². The quantitative estimate of drug-likeness (QED) is 0.253. The molecule has 10 heteroatoms. The number of carbonyl (C=O) groups excluding carboxylic acids is 1. The van der Waals surface area contributed by atoms with Gasteiger partial charge in [0, 0.05) is 6.54 Å². The standard InChI is InChI=1S/C12H8F2N2O3S.C12H19NO/c1-5-9(11(18)19)20-12(15-5)16-10(17)7-4-6(13)2-3-8(7)14;1-2-3-7-10-14-13-11-12-8-5-4-6-9-12/h2-4H,1H3,(H,18,19)(H,15,16,17);4-6,8-9,13H,2-3,7,10-11H2,1H3. The molecule has 0 aliphatic heterocycles. The zero-order chi connectivity index (χ0) is 24.9. The molecular formula is C24H27F2N3O4S. The number of aryl methyl sites for hydroxylation is 1. The molecule has 7 nitrogen and oxygen atoms in total. The highest BCUT2D eigenvalue weighted by Crippen LogP contribution is 2.23. The van der Waals surface area contributed by atoms with Crippen molar-refractivity contribution in [2.45, 2.75) is 39.7 Å². The van der Waals surface area contributed by atoms with E-state index in [0.717, 1.165) is 49.1 Å². The Bertz CT molecular complexity index is 1080. The van der Waals surface area contributed by atoms with Crippen LogP contribution in [0.25, 0.3) is 0 Å². The molecule has 0 atom stereocenters. The Hall–Kier alpha value is -3.21. The molecule has 0 saturated heterocycles. The van der Waals surface area contributed by atoms with Gasteiger partial charge >= 0.3 is 5.97 Å². The number of aromatic nitrogens is 1. The molecular weight excluding hydrogens is 464 g/mol. The number of unbranched alkanes of at least 4 members (excludes halogenated alkanes) is 2. The maximum absolute atomic E-state index is 13.4. The summed E-state index contributed by atoms with van der Waals surface area (Å²) in [5, 5.41) is 11.1. The molecule has 34 heavy (non-hydrogen) atoms. The molecule has 0 unspecified atom stereocenters. The number of nitrogens with one attached hydrogen (secondary N) is 2. The lowest BCUT2D eigenvalue weighted by atomic mass is 10.2. The lowest BCUT2D eigenvalue weighted by molar-refractivity contribution is 0.0342. The van der Waals surface area contributed by atoms with Gasteiger partial charge in [-0.2, -0.15) is 5.48 Å². The summed E-state index contributed by atoms with van der Waals surface area (Å²) in [6.45, 7) is 5.25. The predicted octanol–water partition coefficient (Wildman–Crippen LogP) is 5.58. The Labute approximate surface area is 200 Å². The number of benzene rings is 2. The van der Waals surface area contributed by atoms with E-state index in [1.54, 1.807) is 0 Å². The van der Waals surface area contributed by atoms with Crippen LogP contribution in [0.2, 0.25) is 0 Å². The largest absolute Gasteiger partial charge is 0.477 e. The molecule has 0 bridgehead atoms. The second-order valence-corrected chi connectivity index (χ2v) is 8.18. The highest BCUT2D eigenvalue weighted by atomic mass is 32.1. The van der Waals surface area contributed by atoms with Crippen LogP contribution in [0, 0.1) is 18.6 Å². The number of hydroxylamine groups is 1. The number of rotatable bonds is 10. The molecule has 0 spiro atoms. The number of carbonyl (C=O) groups is 2. The molecule has 0 radical (unpaired) electrons. The zero-order valence-corrected chi connectivity index (χ0v) is 19.8. The van der Waals surface area contributed by atoms with E-state index >= 15 is 0 Å². The van der Waals surface area contributed by atoms with Crippen LogP contribution in [0.3, 0.4) is 0 Å². The average Bonchev–Trinajstić information content (AvgIpc) is 3.19. The number of carboxylic acids is 1. The molecule has 0 aliphatic carbocycles. The first kappa shape index (κ1) is 27.0. The maximum atomic E-state index is 13.4. The van der Waals surface area contributed by atoms with E-state index in [1.807, 2.05) is 18.2 Å². The monoisotopic (exact) mass is 491 g/mol. The van der Waals surface area contributed by atoms with Crippen molar-refractivity contribution in [2.75, 3.05) is 11.9 Å². The van der Waals surface area contributed by atoms with Crippen LogP contribution in [0.15, 0.2) is 48.5 Å². The first-order valence-electron chi connectivity index (χ1n) is 10.7. The molecule has 1 heterocycles. The van der Waals surface area contributed by atoms with Crippen molar-refractivity contribution >= 4 is 28.3 Å². The van der Waals surface area contributed by atoms with Crippen molar-refractivity contribution in [3.8, 4) is 0 Å². The van der Waals surface area contributed by atoms with E-state index in [1.165, 1.54) is 25.3 Å². The minimum atomic E-state index is -1.17. The molecule has 1 aromatic heterocycles. The van der Waals surface area contributed by atoms with Gasteiger partial charge in [-0.3, -0.25) is 10.1 Å². The number of nitrogens with zero attached hydrogens (tertiary/aromatic N) is 1. The van der Waals surface area contributed by atoms with Crippen molar-refractivity contribution in [2.24, 2.45) is 0 Å². The number of amides is 1. The van der Waals surface area contributed by atoms with E-state index in [0.29, 0.717) is 0 Å². The molecule has 2 aromatic carbocycles. The maximum Gasteiger partial charge on any atom is 0.347 e. The van der Waals surface area contributed by atoms with Gasteiger partial charge in [0.05, 0.1) is 17.9 Å². The summed E-state index contributed by atoms with van der Waals surface area (Å²) in [6, 6.07) is 12.7. The highest BCUT2D eigenvalue weighted by Gasteiger charge is 2.18. The Morgan fingerprint density at radius 1 is 1.12 bits per heavy atom. The Morgan fingerprint density at radius 2 is 1.85 bits per heavy atom. The fourth-order valence-electron chi connectivity index (χ4n) is 2.71. The van der Waals surface area contributed by atoms with Crippen molar-refractivity contribution < 1.29 is 28.3 Å². The molecule has 3 rings (SSSR count). The van der Waals surface area contributed by atoms with Crippen LogP contribution in [0.1, 0.15) is 57.5 Å². The Kier molecular flexibility index (Phi) is 11.2. The van der Waals surface area contributed by atoms with Gasteiger partial charge in [0.1, 0.15) is 16.5 Å². The van der Waals surface area contributed by atoms with E-state index < -0.39 is 29.1 Å². The fraction of sp³-hybridized carbons (Fsp3) is 0.292. The molecule has 1 amide bonds. The highest BCUT2D eigenvalue weighted by molar-refractivity contribution is 7.17. The molecule has 0 fully saturated rings. The number of aromatic carboxylic acids is 1. The number of anilines is 1. The molecule has 0 saturated carbocycles. The van der Waals surface area contributed by atoms with Crippen LogP contribution in [-0.2, 0) is 11.4 Å². The smallest absolute Gasteiger partial charge is 0.347 e. The molecule has 0 aliphatic rings. The van der Waals surface area contributed by atoms with E-state index in [-0.39, 0.29) is 15.7 Å². The van der Waals surface area contributed by atoms with Crippen molar-refractivity contribution in [1.82, 2.24) is 10.5 Å². The van der Waals surface area contributed by atoms with Crippen LogP contribution in [0.4, 0.5) is 13.9 Å². The van der Waals surface area contributed by atoms with Gasteiger partial charge in [-0.05, 0) is 37.1 Å². The second kappa shape index (κ2) is 14.1. The van der Waals surface area contributed by atoms with Crippen LogP contribution >= 0.6 is 11.3 Å². The average molecular weight is 492 g/mol. The predicted molar refractivity (Wildman–Crippen MR) is 127 cm³/mol. The Morgan fingerprint density at radius 3 is 2.50 bits per heavy atom. The third kappa shape index (κ3) is 8.97. The van der Waals surface area contributed by atoms with Crippen LogP contribution in [0.5, 0.6) is 0 Å². The summed E-state index contributed by atoms with van der Waals surface area (Å²) in [4.78, 5) is 31.7. The summed E-state index contributed by atoms with van der Waals surface area (Å²) in [7, 11) is 0. The zero-order valence-electron chi connectivity index (χ0n) is 18.9. The van der Waals surface area contributed by atoms with Crippen molar-refractivity contribution in [3.05, 3.63) is 81.9 Å². The van der Waals surface area contributed by atoms with E-state index in [4.69, 9.17) is 9.94 Å². The van der Waals surface area contributed by atoms with Gasteiger partial charge < -0.3 is 9.94 Å². The molecule has 3 N–H and O–H groups in total. The lowest BCUT2D eigenvalue weighted by Gasteiger charge is -2.05. The van der Waals surface area contributed by atoms with Gasteiger partial charge in [0.15, 0.2) is 5.13 Å². The van der Waals surface area contributed by atoms with E-state index in [2.05, 4.69) is 34.8 Å². The third-order valence-corrected chi connectivity index (χ3v) is 5.52. The number of halogens is 2. The number of thiazole rings is 1. The fourth-order valence-corrected chi connectivity index (χ4v) is 3.51. The second-order valence-electron chi connectivity index (χ2n) is 7.18.